The number of ether oxygens (including phenoxy) is 1. The quantitative estimate of drug-likeness (QED) is 0.299. The van der Waals surface area contributed by atoms with Gasteiger partial charge in [-0.2, -0.15) is 0 Å². The zero-order chi connectivity index (χ0) is 29.1. The Hall–Kier alpha value is -3.51. The number of halogens is 2. The molecule has 5 rings (SSSR count). The SMILES string of the molecule is CN=C(C(Cl)=CN)c1nc(-c2cc(OC[C@H](O)CNC)ccc2Cl)nc(N2Cc3cnc(N4CCC4)nc3C2)c1C. The number of nitrogens with zero attached hydrogens (tertiary/aromatic N) is 7. The topological polar surface area (TPSA) is 138 Å². The van der Waals surface area contributed by atoms with Gasteiger partial charge in [0.1, 0.15) is 30.0 Å². The van der Waals surface area contributed by atoms with Gasteiger partial charge in [-0.25, -0.2) is 19.9 Å². The maximum absolute atomic E-state index is 10.1. The Kier molecular flexibility index (Phi) is 8.88. The lowest BCUT2D eigenvalue weighted by atomic mass is 10.1. The molecule has 0 amide bonds. The van der Waals surface area contributed by atoms with Crippen molar-refractivity contribution < 1.29 is 9.84 Å². The number of aromatic nitrogens is 4. The number of aliphatic hydroxyl groups is 1. The van der Waals surface area contributed by atoms with Crippen LogP contribution >= 0.6 is 23.2 Å². The molecule has 0 spiro atoms. The van der Waals surface area contributed by atoms with Crippen molar-refractivity contribution in [3.63, 3.8) is 0 Å². The molecule has 13 heteroatoms. The fourth-order valence-corrected chi connectivity index (χ4v) is 5.16. The summed E-state index contributed by atoms with van der Waals surface area (Å²) >= 11 is 13.1. The number of aliphatic imine (C=N–C) groups is 1. The molecule has 2 aromatic heterocycles. The standard InChI is InChI=1S/C28H33Cl2N9O2/c1-16-24(25(33-3)22(30)10-31)36-26(20-9-19(5-6-21(20)29)41-15-18(40)12-32-2)37-27(16)39-13-17-11-34-28(35-23(17)14-39)38-7-4-8-38/h5-6,9-11,18,32,40H,4,7-8,12-15,31H2,1-3H3/t18-/m1/s1. The van der Waals surface area contributed by atoms with Gasteiger partial charge >= 0.3 is 0 Å². The van der Waals surface area contributed by atoms with Gasteiger partial charge in [-0.1, -0.05) is 23.2 Å². The zero-order valence-corrected chi connectivity index (χ0v) is 24.7. The second-order valence-electron chi connectivity index (χ2n) is 9.93. The van der Waals surface area contributed by atoms with Crippen molar-refractivity contribution in [2.75, 3.05) is 50.1 Å². The number of nitrogens with one attached hydrogen (secondary N) is 1. The van der Waals surface area contributed by atoms with Crippen LogP contribution in [0, 0.1) is 6.92 Å². The summed E-state index contributed by atoms with van der Waals surface area (Å²) in [7, 11) is 3.41. The Morgan fingerprint density at radius 3 is 2.73 bits per heavy atom. The predicted octanol–water partition coefficient (Wildman–Crippen LogP) is 3.04. The smallest absolute Gasteiger partial charge is 0.225 e. The van der Waals surface area contributed by atoms with Gasteiger partial charge < -0.3 is 30.7 Å². The molecule has 1 aromatic carbocycles. The third kappa shape index (κ3) is 6.08. The number of allylic oxidation sites excluding steroid dienone is 1. The van der Waals surface area contributed by atoms with Gasteiger partial charge in [0.15, 0.2) is 5.82 Å². The van der Waals surface area contributed by atoms with Crippen molar-refractivity contribution in [1.82, 2.24) is 25.3 Å². The first-order valence-corrected chi connectivity index (χ1v) is 14.1. The van der Waals surface area contributed by atoms with Gasteiger partial charge in [0.25, 0.3) is 0 Å². The van der Waals surface area contributed by atoms with Crippen molar-refractivity contribution in [1.29, 1.82) is 0 Å². The molecule has 4 heterocycles. The maximum Gasteiger partial charge on any atom is 0.225 e. The highest BCUT2D eigenvalue weighted by molar-refractivity contribution is 6.46. The second kappa shape index (κ2) is 12.6. The molecule has 11 nitrogen and oxygen atoms in total. The Balaban J connectivity index is 1.55. The van der Waals surface area contributed by atoms with Crippen LogP contribution in [0.1, 0.15) is 28.9 Å². The monoisotopic (exact) mass is 597 g/mol. The minimum absolute atomic E-state index is 0.114. The van der Waals surface area contributed by atoms with Crippen LogP contribution in [0.25, 0.3) is 11.4 Å². The molecule has 1 atom stereocenters. The minimum atomic E-state index is -0.664. The number of nitrogens with two attached hydrogens (primary N) is 1. The average Bonchev–Trinajstić information content (AvgIpc) is 3.36. The molecular weight excluding hydrogens is 565 g/mol. The Morgan fingerprint density at radius 1 is 1.24 bits per heavy atom. The van der Waals surface area contributed by atoms with E-state index in [-0.39, 0.29) is 11.6 Å². The highest BCUT2D eigenvalue weighted by atomic mass is 35.5. The van der Waals surface area contributed by atoms with Crippen LogP contribution in [0.4, 0.5) is 11.8 Å². The van der Waals surface area contributed by atoms with E-state index in [1.807, 2.05) is 13.1 Å². The van der Waals surface area contributed by atoms with Crippen molar-refractivity contribution in [2.24, 2.45) is 10.7 Å². The van der Waals surface area contributed by atoms with Gasteiger partial charge in [0.2, 0.25) is 5.95 Å². The lowest BCUT2D eigenvalue weighted by Gasteiger charge is -2.30. The maximum atomic E-state index is 10.1. The molecule has 4 N–H and O–H groups in total. The van der Waals surface area contributed by atoms with Gasteiger partial charge in [-0.05, 0) is 38.6 Å². The number of rotatable bonds is 10. The van der Waals surface area contributed by atoms with Gasteiger partial charge in [-0.3, -0.25) is 4.99 Å². The summed E-state index contributed by atoms with van der Waals surface area (Å²) < 4.78 is 5.83. The zero-order valence-electron chi connectivity index (χ0n) is 23.2. The number of hydrogen-bond donors (Lipinski definition) is 3. The van der Waals surface area contributed by atoms with Gasteiger partial charge in [0, 0.05) is 62.3 Å². The fourth-order valence-electron chi connectivity index (χ4n) is 4.78. The van der Waals surface area contributed by atoms with E-state index in [0.717, 1.165) is 42.3 Å². The van der Waals surface area contributed by atoms with Crippen LogP contribution in [0.3, 0.4) is 0 Å². The second-order valence-corrected chi connectivity index (χ2v) is 10.7. The summed E-state index contributed by atoms with van der Waals surface area (Å²) in [4.78, 5) is 28.0. The largest absolute Gasteiger partial charge is 0.491 e. The predicted molar refractivity (Wildman–Crippen MR) is 162 cm³/mol. The van der Waals surface area contributed by atoms with Gasteiger partial charge in [-0.15, -0.1) is 0 Å². The Morgan fingerprint density at radius 2 is 2.05 bits per heavy atom. The molecule has 0 unspecified atom stereocenters. The molecule has 1 saturated heterocycles. The molecule has 216 valence electrons. The summed E-state index contributed by atoms with van der Waals surface area (Å²) in [6.45, 7) is 5.57. The lowest BCUT2D eigenvalue weighted by molar-refractivity contribution is 0.108. The third-order valence-corrected chi connectivity index (χ3v) is 7.72. The first kappa shape index (κ1) is 29.0. The van der Waals surface area contributed by atoms with Crippen molar-refractivity contribution in [3.8, 4) is 17.1 Å². The molecule has 2 aliphatic heterocycles. The first-order chi connectivity index (χ1) is 19.8. The number of anilines is 2. The van der Waals surface area contributed by atoms with E-state index in [4.69, 9.17) is 48.6 Å². The first-order valence-electron chi connectivity index (χ1n) is 13.4. The van der Waals surface area contributed by atoms with Crippen molar-refractivity contribution >= 4 is 40.7 Å². The Labute approximate surface area is 249 Å². The number of aliphatic hydroxyl groups excluding tert-OH is 1. The molecule has 1 fully saturated rings. The molecule has 0 aliphatic carbocycles. The molecule has 0 radical (unpaired) electrons. The van der Waals surface area contributed by atoms with E-state index in [9.17, 15) is 5.11 Å². The third-order valence-electron chi connectivity index (χ3n) is 7.08. The van der Waals surface area contributed by atoms with Crippen molar-refractivity contribution in [3.05, 3.63) is 63.2 Å². The summed E-state index contributed by atoms with van der Waals surface area (Å²) in [5.41, 5.74) is 10.1. The molecular formula is C28H33Cl2N9O2. The highest BCUT2D eigenvalue weighted by Gasteiger charge is 2.29. The number of hydrogen-bond acceptors (Lipinski definition) is 11. The van der Waals surface area contributed by atoms with Crippen LogP contribution in [0.2, 0.25) is 5.02 Å². The summed E-state index contributed by atoms with van der Waals surface area (Å²) in [5, 5.41) is 13.7. The fraction of sp³-hybridized carbons (Fsp3) is 0.393. The highest BCUT2D eigenvalue weighted by Crippen LogP contribution is 2.36. The van der Waals surface area contributed by atoms with Crippen LogP contribution in [0.15, 0.2) is 40.6 Å². The summed E-state index contributed by atoms with van der Waals surface area (Å²) in [5.74, 6) is 2.36. The molecule has 3 aromatic rings. The van der Waals surface area contributed by atoms with E-state index >= 15 is 0 Å². The molecule has 0 saturated carbocycles. The van der Waals surface area contributed by atoms with Gasteiger partial charge in [0.05, 0.1) is 28.0 Å². The van der Waals surface area contributed by atoms with E-state index in [2.05, 4.69) is 25.1 Å². The van der Waals surface area contributed by atoms with E-state index in [0.29, 0.717) is 59.0 Å². The molecule has 2 aliphatic rings. The van der Waals surface area contributed by atoms with Crippen LogP contribution < -0.4 is 25.6 Å². The van der Waals surface area contributed by atoms with E-state index in [1.165, 1.54) is 6.20 Å². The van der Waals surface area contributed by atoms with E-state index in [1.54, 1.807) is 32.3 Å². The normalized spacial score (nSPS) is 16.0. The number of likely N-dealkylation sites (N-methyl/N-ethyl adjacent to an activating group) is 1. The van der Waals surface area contributed by atoms with Crippen LogP contribution in [-0.4, -0.2) is 77.2 Å². The minimum Gasteiger partial charge on any atom is -0.491 e. The molecule has 41 heavy (non-hydrogen) atoms. The summed E-state index contributed by atoms with van der Waals surface area (Å²) in [6, 6.07) is 5.23. The van der Waals surface area contributed by atoms with Crippen molar-refractivity contribution in [2.45, 2.75) is 32.5 Å². The Bertz CT molecular complexity index is 1490. The van der Waals surface area contributed by atoms with E-state index < -0.39 is 6.10 Å². The number of benzene rings is 1. The lowest BCUT2D eigenvalue weighted by Crippen LogP contribution is -2.38. The number of fused-ring (bicyclic) bond motifs is 1. The molecule has 0 bridgehead atoms. The summed E-state index contributed by atoms with van der Waals surface area (Å²) in [6.07, 6.45) is 3.69. The van der Waals surface area contributed by atoms with Crippen LogP contribution in [0.5, 0.6) is 5.75 Å². The average molecular weight is 599 g/mol. The van der Waals surface area contributed by atoms with Crippen LogP contribution in [-0.2, 0) is 13.1 Å².